The van der Waals surface area contributed by atoms with Gasteiger partial charge in [0.25, 0.3) is 12.4 Å². The van der Waals surface area contributed by atoms with E-state index in [2.05, 4.69) is 14.6 Å². The number of hydrogen-bond donors (Lipinski definition) is 2. The minimum Gasteiger partial charge on any atom is -0.483 e. The van der Waals surface area contributed by atoms with Crippen molar-refractivity contribution in [2.75, 3.05) is 32.4 Å². The molecule has 1 aromatic rings. The van der Waals surface area contributed by atoms with Gasteiger partial charge in [0, 0.05) is 32.2 Å². The first-order valence-electron chi connectivity index (χ1n) is 10.2. The third kappa shape index (κ3) is 6.78. The summed E-state index contributed by atoms with van der Waals surface area (Å²) in [5.41, 5.74) is 0.279. The second-order valence-corrected chi connectivity index (χ2v) is 9.57. The average molecular weight is 445 g/mol. The molecule has 1 aliphatic heterocycles. The zero-order chi connectivity index (χ0) is 22.3. The third-order valence-corrected chi connectivity index (χ3v) is 6.22. The lowest BCUT2D eigenvalue weighted by Gasteiger charge is -2.27. The van der Waals surface area contributed by atoms with Crippen LogP contribution in [0.1, 0.15) is 67.2 Å². The summed E-state index contributed by atoms with van der Waals surface area (Å²) in [4.78, 5) is 30.0. The summed E-state index contributed by atoms with van der Waals surface area (Å²) in [5.74, 6) is 0.500. The molecule has 1 saturated heterocycles. The van der Waals surface area contributed by atoms with Gasteiger partial charge in [0.15, 0.2) is 5.69 Å². The third-order valence-electron chi connectivity index (χ3n) is 5.44. The summed E-state index contributed by atoms with van der Waals surface area (Å²) in [6.45, 7) is 6.42. The molecule has 3 rings (SSSR count). The molecule has 2 fully saturated rings. The fourth-order valence-corrected chi connectivity index (χ4v) is 4.84. The van der Waals surface area contributed by atoms with Crippen LogP contribution in [0, 0.1) is 6.92 Å². The Kier molecular flexibility index (Phi) is 8.80. The predicted octanol–water partition coefficient (Wildman–Crippen LogP) is 1.38. The van der Waals surface area contributed by atoms with Crippen LogP contribution in [0.15, 0.2) is 4.42 Å². The lowest BCUT2D eigenvalue weighted by molar-refractivity contribution is -0.122. The van der Waals surface area contributed by atoms with E-state index >= 15 is 0 Å². The number of nitrogens with zero attached hydrogens (tertiary/aromatic N) is 3. The summed E-state index contributed by atoms with van der Waals surface area (Å²) < 4.78 is 30.8. The Bertz CT molecular complexity index is 819. The van der Waals surface area contributed by atoms with Crippen molar-refractivity contribution in [3.63, 3.8) is 0 Å². The van der Waals surface area contributed by atoms with Gasteiger partial charge in [-0.3, -0.25) is 14.5 Å². The standard InChI is InChI=1S/C18H30N4O4S.CH2O2/c1-13(20-27(3,24)25)17-19-16(14(2)26-17)18(23)22-10-6-9-21(11-12-22)15-7-4-5-8-15;2-1-3/h13,15,20H,4-12H2,1-3H3;1H,(H,2,3)/t13-;/m0./s1. The van der Waals surface area contributed by atoms with Crippen LogP contribution in [0.2, 0.25) is 0 Å². The smallest absolute Gasteiger partial charge is 0.290 e. The number of hydrogen-bond acceptors (Lipinski definition) is 7. The largest absolute Gasteiger partial charge is 0.483 e. The molecule has 0 bridgehead atoms. The molecular weight excluding hydrogens is 412 g/mol. The molecule has 2 N–H and O–H groups in total. The van der Waals surface area contributed by atoms with Crippen LogP contribution in [0.3, 0.4) is 0 Å². The van der Waals surface area contributed by atoms with Crippen LogP contribution in [-0.4, -0.2) is 79.2 Å². The number of carbonyl (C=O) groups excluding carboxylic acids is 1. The zero-order valence-electron chi connectivity index (χ0n) is 17.8. The van der Waals surface area contributed by atoms with Gasteiger partial charge in [-0.15, -0.1) is 0 Å². The van der Waals surface area contributed by atoms with Gasteiger partial charge in [0.2, 0.25) is 15.9 Å². The number of aromatic nitrogens is 1. The summed E-state index contributed by atoms with van der Waals surface area (Å²) in [6, 6.07) is 0.0469. The first kappa shape index (κ1) is 24.3. The Morgan fingerprint density at radius 3 is 2.47 bits per heavy atom. The maximum atomic E-state index is 13.0. The molecule has 0 aromatic carbocycles. The van der Waals surface area contributed by atoms with Gasteiger partial charge < -0.3 is 14.4 Å². The molecule has 1 aliphatic carbocycles. The van der Waals surface area contributed by atoms with E-state index in [-0.39, 0.29) is 24.0 Å². The van der Waals surface area contributed by atoms with Crippen LogP contribution in [0.5, 0.6) is 0 Å². The molecule has 1 saturated carbocycles. The number of oxazole rings is 1. The van der Waals surface area contributed by atoms with Crippen LogP contribution in [-0.2, 0) is 14.8 Å². The number of sulfonamides is 1. The highest BCUT2D eigenvalue weighted by molar-refractivity contribution is 7.88. The lowest BCUT2D eigenvalue weighted by Crippen LogP contribution is -2.38. The Balaban J connectivity index is 0.00000101. The number of rotatable bonds is 5. The quantitative estimate of drug-likeness (QED) is 0.651. The molecule has 11 heteroatoms. The fraction of sp³-hybridized carbons (Fsp3) is 0.737. The van der Waals surface area contributed by atoms with Crippen molar-refractivity contribution in [2.45, 2.75) is 58.0 Å². The normalized spacial score (nSPS) is 19.6. The van der Waals surface area contributed by atoms with Crippen LogP contribution < -0.4 is 4.72 Å². The molecule has 0 spiro atoms. The van der Waals surface area contributed by atoms with Crippen molar-refractivity contribution in [3.8, 4) is 0 Å². The van der Waals surface area contributed by atoms with Gasteiger partial charge in [-0.05, 0) is 33.1 Å². The molecule has 0 unspecified atom stereocenters. The summed E-state index contributed by atoms with van der Waals surface area (Å²) in [6.07, 6.45) is 7.20. The first-order valence-corrected chi connectivity index (χ1v) is 12.1. The average Bonchev–Trinajstić information content (AvgIpc) is 3.25. The Morgan fingerprint density at radius 2 is 1.87 bits per heavy atom. The molecule has 170 valence electrons. The maximum Gasteiger partial charge on any atom is 0.290 e. The van der Waals surface area contributed by atoms with Crippen molar-refractivity contribution < 1.29 is 27.5 Å². The Labute approximate surface area is 177 Å². The highest BCUT2D eigenvalue weighted by atomic mass is 32.2. The predicted molar refractivity (Wildman–Crippen MR) is 111 cm³/mol. The Morgan fingerprint density at radius 1 is 1.23 bits per heavy atom. The van der Waals surface area contributed by atoms with E-state index in [1.165, 1.54) is 25.7 Å². The SMILES string of the molecule is Cc1oc([C@H](C)NS(C)(=O)=O)nc1C(=O)N1CCCN(C2CCCC2)CC1.O=CO. The van der Waals surface area contributed by atoms with E-state index in [9.17, 15) is 13.2 Å². The van der Waals surface area contributed by atoms with Gasteiger partial charge in [-0.1, -0.05) is 12.8 Å². The van der Waals surface area contributed by atoms with E-state index in [0.29, 0.717) is 24.9 Å². The van der Waals surface area contributed by atoms with E-state index in [4.69, 9.17) is 14.3 Å². The van der Waals surface area contributed by atoms with Crippen molar-refractivity contribution in [1.82, 2.24) is 19.5 Å². The zero-order valence-corrected chi connectivity index (χ0v) is 18.7. The number of amides is 1. The second kappa shape index (κ2) is 10.9. The molecule has 1 amide bonds. The molecule has 2 heterocycles. The molecular formula is C19H32N4O6S. The van der Waals surface area contributed by atoms with Crippen molar-refractivity contribution in [3.05, 3.63) is 17.3 Å². The van der Waals surface area contributed by atoms with E-state index in [1.54, 1.807) is 13.8 Å². The summed E-state index contributed by atoms with van der Waals surface area (Å²) in [7, 11) is -3.39. The van der Waals surface area contributed by atoms with Crippen molar-refractivity contribution in [2.24, 2.45) is 0 Å². The van der Waals surface area contributed by atoms with Gasteiger partial charge in [-0.25, -0.2) is 18.1 Å². The highest BCUT2D eigenvalue weighted by Crippen LogP contribution is 2.25. The highest BCUT2D eigenvalue weighted by Gasteiger charge is 2.29. The van der Waals surface area contributed by atoms with Crippen LogP contribution in [0.25, 0.3) is 0 Å². The van der Waals surface area contributed by atoms with Gasteiger partial charge in [-0.2, -0.15) is 0 Å². The lowest BCUT2D eigenvalue weighted by atomic mass is 10.2. The van der Waals surface area contributed by atoms with Gasteiger partial charge >= 0.3 is 0 Å². The number of aryl methyl sites for hydroxylation is 1. The fourth-order valence-electron chi connectivity index (χ4n) is 4.10. The molecule has 0 radical (unpaired) electrons. The van der Waals surface area contributed by atoms with E-state index in [0.717, 1.165) is 25.8 Å². The minimum absolute atomic E-state index is 0.137. The molecule has 2 aliphatic rings. The topological polar surface area (TPSA) is 133 Å². The summed E-state index contributed by atoms with van der Waals surface area (Å²) >= 11 is 0. The number of nitrogens with one attached hydrogen (secondary N) is 1. The first-order chi connectivity index (χ1) is 14.2. The van der Waals surface area contributed by atoms with Crippen LogP contribution in [0.4, 0.5) is 0 Å². The molecule has 1 aromatic heterocycles. The van der Waals surface area contributed by atoms with Gasteiger partial charge in [0.05, 0.1) is 12.3 Å². The number of carboxylic acid groups (broad SMARTS) is 1. The molecule has 1 atom stereocenters. The van der Waals surface area contributed by atoms with Crippen molar-refractivity contribution >= 4 is 22.4 Å². The van der Waals surface area contributed by atoms with Gasteiger partial charge in [0.1, 0.15) is 5.76 Å². The molecule has 10 nitrogen and oxygen atoms in total. The van der Waals surface area contributed by atoms with E-state index < -0.39 is 16.1 Å². The minimum atomic E-state index is -3.39. The number of carbonyl (C=O) groups is 2. The molecule has 30 heavy (non-hydrogen) atoms. The van der Waals surface area contributed by atoms with Crippen molar-refractivity contribution in [1.29, 1.82) is 0 Å². The van der Waals surface area contributed by atoms with E-state index in [1.807, 2.05) is 4.90 Å². The monoisotopic (exact) mass is 444 g/mol. The maximum absolute atomic E-state index is 13.0. The summed E-state index contributed by atoms with van der Waals surface area (Å²) in [5, 5.41) is 6.89. The Hall–Kier alpha value is -1.98. The van der Waals surface area contributed by atoms with Crippen LogP contribution >= 0.6 is 0 Å². The second-order valence-electron chi connectivity index (χ2n) is 7.79.